The monoisotopic (exact) mass is 215 g/mol. The van der Waals surface area contributed by atoms with Gasteiger partial charge in [-0.3, -0.25) is 0 Å². The lowest BCUT2D eigenvalue weighted by Gasteiger charge is -2.06. The van der Waals surface area contributed by atoms with Crippen molar-refractivity contribution in [1.29, 1.82) is 0 Å². The summed E-state index contributed by atoms with van der Waals surface area (Å²) in [4.78, 5) is 0. The van der Waals surface area contributed by atoms with E-state index < -0.39 is 0 Å². The van der Waals surface area contributed by atoms with E-state index in [1.165, 1.54) is 11.1 Å². The van der Waals surface area contributed by atoms with Gasteiger partial charge < -0.3 is 0 Å². The zero-order chi connectivity index (χ0) is 10.8. The minimum Gasteiger partial charge on any atom is -0.0837 e. The fourth-order valence-corrected chi connectivity index (χ4v) is 1.80. The van der Waals surface area contributed by atoms with Crippen LogP contribution in [0.2, 0.25) is 5.02 Å². The van der Waals surface area contributed by atoms with Gasteiger partial charge in [0.2, 0.25) is 0 Å². The van der Waals surface area contributed by atoms with Crippen LogP contribution in [0.15, 0.2) is 36.4 Å². The first kappa shape index (κ1) is 10.3. The zero-order valence-electron chi connectivity index (χ0n) is 8.84. The molecule has 1 radical (unpaired) electrons. The molecular weight excluding hydrogens is 204 g/mol. The van der Waals surface area contributed by atoms with Gasteiger partial charge in [0, 0.05) is 10.6 Å². The van der Waals surface area contributed by atoms with Crippen molar-refractivity contribution in [1.82, 2.24) is 0 Å². The standard InChI is InChI=1S/C14H12Cl/c1-10-4-3-5-12(8-10)13-9-11(2)6-7-14(13)15/h3-4,6-9H,1-2H3. The van der Waals surface area contributed by atoms with E-state index in [1.807, 2.05) is 24.3 Å². The van der Waals surface area contributed by atoms with Gasteiger partial charge in [0.1, 0.15) is 0 Å². The van der Waals surface area contributed by atoms with E-state index in [-0.39, 0.29) is 0 Å². The van der Waals surface area contributed by atoms with Crippen molar-refractivity contribution >= 4 is 11.6 Å². The molecule has 0 N–H and O–H groups in total. The first-order chi connectivity index (χ1) is 7.16. The number of halogens is 1. The largest absolute Gasteiger partial charge is 0.0837 e. The van der Waals surface area contributed by atoms with Crippen LogP contribution in [0, 0.1) is 19.9 Å². The van der Waals surface area contributed by atoms with Crippen LogP contribution in [0.3, 0.4) is 0 Å². The number of rotatable bonds is 1. The predicted octanol–water partition coefficient (Wildman–Crippen LogP) is 4.42. The summed E-state index contributed by atoms with van der Waals surface area (Å²) in [6, 6.07) is 15.3. The van der Waals surface area contributed by atoms with Crippen molar-refractivity contribution < 1.29 is 0 Å². The van der Waals surface area contributed by atoms with Gasteiger partial charge in [-0.2, -0.15) is 0 Å². The van der Waals surface area contributed by atoms with Crippen molar-refractivity contribution in [2.45, 2.75) is 13.8 Å². The summed E-state index contributed by atoms with van der Waals surface area (Å²) in [5.74, 6) is 0. The molecule has 0 fully saturated rings. The third-order valence-electron chi connectivity index (χ3n) is 2.37. The molecule has 0 aliphatic rings. The number of benzene rings is 2. The highest BCUT2D eigenvalue weighted by atomic mass is 35.5. The Balaban J connectivity index is 2.58. The molecule has 0 amide bonds. The van der Waals surface area contributed by atoms with E-state index >= 15 is 0 Å². The smallest absolute Gasteiger partial charge is 0.0484 e. The number of hydrogen-bond donors (Lipinski definition) is 0. The van der Waals surface area contributed by atoms with Gasteiger partial charge in [-0.15, -0.1) is 0 Å². The van der Waals surface area contributed by atoms with Crippen molar-refractivity contribution in [2.24, 2.45) is 0 Å². The summed E-state index contributed by atoms with van der Waals surface area (Å²) in [7, 11) is 0. The normalized spacial score (nSPS) is 10.3. The molecule has 0 aliphatic carbocycles. The maximum atomic E-state index is 6.16. The van der Waals surface area contributed by atoms with Crippen LogP contribution in [0.1, 0.15) is 11.1 Å². The molecule has 2 rings (SSSR count). The number of aryl methyl sites for hydroxylation is 2. The van der Waals surface area contributed by atoms with Crippen LogP contribution >= 0.6 is 11.6 Å². The third kappa shape index (κ3) is 2.21. The van der Waals surface area contributed by atoms with Gasteiger partial charge in [0.25, 0.3) is 0 Å². The van der Waals surface area contributed by atoms with Crippen LogP contribution in [0.5, 0.6) is 0 Å². The van der Waals surface area contributed by atoms with E-state index in [4.69, 9.17) is 11.6 Å². The van der Waals surface area contributed by atoms with E-state index in [0.29, 0.717) is 0 Å². The van der Waals surface area contributed by atoms with Gasteiger partial charge >= 0.3 is 0 Å². The van der Waals surface area contributed by atoms with E-state index in [0.717, 1.165) is 16.1 Å². The Labute approximate surface area is 95.5 Å². The Morgan fingerprint density at radius 1 is 1.00 bits per heavy atom. The molecular formula is C14H12Cl. The molecule has 0 heterocycles. The lowest BCUT2D eigenvalue weighted by Crippen LogP contribution is -1.83. The highest BCUT2D eigenvalue weighted by Crippen LogP contribution is 2.28. The van der Waals surface area contributed by atoms with Gasteiger partial charge in [-0.25, -0.2) is 0 Å². The van der Waals surface area contributed by atoms with Crippen LogP contribution in [-0.2, 0) is 0 Å². The summed E-state index contributed by atoms with van der Waals surface area (Å²) in [6.07, 6.45) is 0. The highest BCUT2D eigenvalue weighted by Gasteiger charge is 2.03. The maximum Gasteiger partial charge on any atom is 0.0484 e. The topological polar surface area (TPSA) is 0 Å². The van der Waals surface area contributed by atoms with Crippen LogP contribution in [0.4, 0.5) is 0 Å². The summed E-state index contributed by atoms with van der Waals surface area (Å²) in [6.45, 7) is 4.14. The molecule has 75 valence electrons. The minimum absolute atomic E-state index is 0.780. The predicted molar refractivity (Wildman–Crippen MR) is 65.2 cm³/mol. The molecule has 0 spiro atoms. The lowest BCUT2D eigenvalue weighted by molar-refractivity contribution is 1.43. The van der Waals surface area contributed by atoms with Gasteiger partial charge in [-0.05, 0) is 37.6 Å². The lowest BCUT2D eigenvalue weighted by atomic mass is 10.0. The van der Waals surface area contributed by atoms with Crippen molar-refractivity contribution in [3.8, 4) is 11.1 Å². The summed E-state index contributed by atoms with van der Waals surface area (Å²) in [5.41, 5.74) is 4.55. The average Bonchev–Trinajstić information content (AvgIpc) is 2.22. The van der Waals surface area contributed by atoms with Crippen molar-refractivity contribution in [2.75, 3.05) is 0 Å². The minimum atomic E-state index is 0.780. The molecule has 2 aromatic rings. The Morgan fingerprint density at radius 3 is 2.47 bits per heavy atom. The second kappa shape index (κ2) is 4.08. The summed E-state index contributed by atoms with van der Waals surface area (Å²) in [5, 5.41) is 0.780. The van der Waals surface area contributed by atoms with Gasteiger partial charge in [0.15, 0.2) is 0 Å². The van der Waals surface area contributed by atoms with E-state index in [9.17, 15) is 0 Å². The second-order valence-electron chi connectivity index (χ2n) is 3.76. The molecule has 0 atom stereocenters. The maximum absolute atomic E-state index is 6.16. The summed E-state index contributed by atoms with van der Waals surface area (Å²) < 4.78 is 0. The molecule has 0 bridgehead atoms. The Hall–Kier alpha value is -1.27. The first-order valence-corrected chi connectivity index (χ1v) is 5.29. The molecule has 0 aliphatic heterocycles. The molecule has 0 saturated heterocycles. The molecule has 0 aromatic heterocycles. The Bertz CT molecular complexity index is 486. The molecule has 2 aromatic carbocycles. The molecule has 1 heteroatoms. The first-order valence-electron chi connectivity index (χ1n) is 4.92. The van der Waals surface area contributed by atoms with Crippen molar-refractivity contribution in [3.63, 3.8) is 0 Å². The van der Waals surface area contributed by atoms with Crippen LogP contribution in [0.25, 0.3) is 11.1 Å². The van der Waals surface area contributed by atoms with E-state index in [2.05, 4.69) is 32.0 Å². The molecule has 0 unspecified atom stereocenters. The van der Waals surface area contributed by atoms with Crippen molar-refractivity contribution in [3.05, 3.63) is 58.6 Å². The SMILES string of the molecule is Cc1cc[c]c(-c2cc(C)ccc2Cl)c1. The Morgan fingerprint density at radius 2 is 1.73 bits per heavy atom. The van der Waals surface area contributed by atoms with Crippen LogP contribution in [-0.4, -0.2) is 0 Å². The molecule has 0 nitrogen and oxygen atoms in total. The van der Waals surface area contributed by atoms with Crippen LogP contribution < -0.4 is 0 Å². The zero-order valence-corrected chi connectivity index (χ0v) is 9.60. The second-order valence-corrected chi connectivity index (χ2v) is 4.17. The third-order valence-corrected chi connectivity index (χ3v) is 2.70. The van der Waals surface area contributed by atoms with Gasteiger partial charge in [0.05, 0.1) is 0 Å². The molecule has 15 heavy (non-hydrogen) atoms. The molecule has 0 saturated carbocycles. The average molecular weight is 216 g/mol. The fourth-order valence-electron chi connectivity index (χ4n) is 1.58. The quantitative estimate of drug-likeness (QED) is 0.661. The Kier molecular flexibility index (Phi) is 2.79. The van der Waals surface area contributed by atoms with Gasteiger partial charge in [-0.1, -0.05) is 47.0 Å². The summed E-state index contributed by atoms with van der Waals surface area (Å²) >= 11 is 6.16. The van der Waals surface area contributed by atoms with E-state index in [1.54, 1.807) is 0 Å². The highest BCUT2D eigenvalue weighted by molar-refractivity contribution is 6.33. The number of hydrogen-bond acceptors (Lipinski definition) is 0. The fraction of sp³-hybridized carbons (Fsp3) is 0.143.